The summed E-state index contributed by atoms with van der Waals surface area (Å²) in [4.78, 5) is 24.4. The van der Waals surface area contributed by atoms with Gasteiger partial charge in [0.05, 0.1) is 0 Å². The van der Waals surface area contributed by atoms with Gasteiger partial charge in [0.1, 0.15) is 5.69 Å². The molecule has 5 heteroatoms. The van der Waals surface area contributed by atoms with Crippen LogP contribution in [0.5, 0.6) is 0 Å². The van der Waals surface area contributed by atoms with Crippen LogP contribution in [-0.2, 0) is 11.2 Å². The molecule has 2 aromatic rings. The second kappa shape index (κ2) is 4.29. The van der Waals surface area contributed by atoms with Crippen molar-refractivity contribution < 1.29 is 19.8 Å². The Morgan fingerprint density at radius 1 is 1.18 bits per heavy atom. The van der Waals surface area contributed by atoms with Crippen LogP contribution in [0.15, 0.2) is 24.3 Å². The Hall–Kier alpha value is -2.30. The summed E-state index contributed by atoms with van der Waals surface area (Å²) >= 11 is 0. The van der Waals surface area contributed by atoms with Crippen LogP contribution in [0.4, 0.5) is 0 Å². The van der Waals surface area contributed by atoms with Crippen molar-refractivity contribution >= 4 is 22.8 Å². The van der Waals surface area contributed by atoms with Gasteiger partial charge < -0.3 is 15.2 Å². The lowest BCUT2D eigenvalue weighted by Gasteiger charge is -1.98. The fourth-order valence-corrected chi connectivity index (χ4v) is 1.87. The highest BCUT2D eigenvalue weighted by molar-refractivity contribution is 5.97. The minimum Gasteiger partial charge on any atom is -0.481 e. The number of aromatic carboxylic acids is 1. The largest absolute Gasteiger partial charge is 0.481 e. The van der Waals surface area contributed by atoms with Crippen molar-refractivity contribution in [1.82, 2.24) is 4.98 Å². The predicted molar refractivity (Wildman–Crippen MR) is 61.2 cm³/mol. The number of carbonyl (C=O) groups is 2. The first kappa shape index (κ1) is 11.2. The number of aliphatic carboxylic acids is 1. The number of aryl methyl sites for hydroxylation is 1. The molecule has 0 saturated heterocycles. The molecule has 0 aliphatic carbocycles. The minimum atomic E-state index is -1.07. The van der Waals surface area contributed by atoms with E-state index in [9.17, 15) is 9.59 Å². The lowest BCUT2D eigenvalue weighted by Crippen LogP contribution is -2.04. The van der Waals surface area contributed by atoms with Gasteiger partial charge in [-0.25, -0.2) is 4.79 Å². The molecule has 88 valence electrons. The van der Waals surface area contributed by atoms with Crippen LogP contribution in [0.2, 0.25) is 0 Å². The van der Waals surface area contributed by atoms with Crippen molar-refractivity contribution in [1.29, 1.82) is 0 Å². The predicted octanol–water partition coefficient (Wildman–Crippen LogP) is 1.88. The summed E-state index contributed by atoms with van der Waals surface area (Å²) in [7, 11) is 0. The second-order valence-electron chi connectivity index (χ2n) is 3.72. The smallest absolute Gasteiger partial charge is 0.352 e. The molecule has 1 aromatic carbocycles. The van der Waals surface area contributed by atoms with Gasteiger partial charge in [-0.15, -0.1) is 0 Å². The van der Waals surface area contributed by atoms with E-state index in [0.29, 0.717) is 11.1 Å². The normalized spacial score (nSPS) is 10.6. The van der Waals surface area contributed by atoms with E-state index >= 15 is 0 Å². The molecule has 17 heavy (non-hydrogen) atoms. The van der Waals surface area contributed by atoms with Gasteiger partial charge in [-0.2, -0.15) is 0 Å². The summed E-state index contributed by atoms with van der Waals surface area (Å²) in [5.74, 6) is -2.01. The van der Waals surface area contributed by atoms with Gasteiger partial charge in [-0.1, -0.05) is 18.2 Å². The molecule has 2 rings (SSSR count). The summed E-state index contributed by atoms with van der Waals surface area (Å²) in [5.41, 5.74) is 1.34. The Morgan fingerprint density at radius 2 is 1.88 bits per heavy atom. The number of benzene rings is 1. The first-order valence-electron chi connectivity index (χ1n) is 5.14. The monoisotopic (exact) mass is 233 g/mol. The van der Waals surface area contributed by atoms with Gasteiger partial charge in [0, 0.05) is 17.3 Å². The maximum absolute atomic E-state index is 11.1. The number of carboxylic acids is 2. The Bertz CT molecular complexity index is 585. The summed E-state index contributed by atoms with van der Waals surface area (Å²) in [5, 5.41) is 18.5. The molecular weight excluding hydrogens is 222 g/mol. The summed E-state index contributed by atoms with van der Waals surface area (Å²) < 4.78 is 0. The van der Waals surface area contributed by atoms with E-state index in [1.54, 1.807) is 24.3 Å². The molecule has 0 bridgehead atoms. The first-order chi connectivity index (χ1) is 8.09. The van der Waals surface area contributed by atoms with Crippen molar-refractivity contribution in [2.24, 2.45) is 0 Å². The van der Waals surface area contributed by atoms with Gasteiger partial charge >= 0.3 is 11.9 Å². The number of fused-ring (bicyclic) bond motifs is 1. The minimum absolute atomic E-state index is 0.0763. The summed E-state index contributed by atoms with van der Waals surface area (Å²) in [6.45, 7) is 0. The van der Waals surface area contributed by atoms with E-state index < -0.39 is 11.9 Å². The number of aromatic amines is 1. The average Bonchev–Trinajstić information content (AvgIpc) is 2.65. The number of hydrogen-bond donors (Lipinski definition) is 3. The number of para-hydroxylation sites is 1. The number of hydrogen-bond acceptors (Lipinski definition) is 2. The third kappa shape index (κ3) is 2.13. The zero-order chi connectivity index (χ0) is 12.4. The third-order valence-corrected chi connectivity index (χ3v) is 2.62. The molecule has 1 heterocycles. The number of carboxylic acid groups (broad SMARTS) is 2. The van der Waals surface area contributed by atoms with Crippen molar-refractivity contribution in [3.05, 3.63) is 35.5 Å². The molecule has 0 amide bonds. The van der Waals surface area contributed by atoms with Gasteiger partial charge in [-0.05, 0) is 18.1 Å². The van der Waals surface area contributed by atoms with E-state index in [2.05, 4.69) is 4.98 Å². The molecule has 0 spiro atoms. The Balaban J connectivity index is 2.51. The summed E-state index contributed by atoms with van der Waals surface area (Å²) in [6, 6.07) is 7.15. The van der Waals surface area contributed by atoms with Gasteiger partial charge in [-0.3, -0.25) is 4.79 Å². The van der Waals surface area contributed by atoms with Crippen LogP contribution >= 0.6 is 0 Å². The van der Waals surface area contributed by atoms with E-state index in [0.717, 1.165) is 5.39 Å². The number of H-pyrrole nitrogens is 1. The lowest BCUT2D eigenvalue weighted by molar-refractivity contribution is -0.136. The maximum Gasteiger partial charge on any atom is 0.352 e. The maximum atomic E-state index is 11.1. The molecule has 0 radical (unpaired) electrons. The fourth-order valence-electron chi connectivity index (χ4n) is 1.87. The molecule has 0 aliphatic heterocycles. The molecule has 5 nitrogen and oxygen atoms in total. The number of nitrogens with one attached hydrogen (secondary N) is 1. The van der Waals surface area contributed by atoms with Gasteiger partial charge in [0.15, 0.2) is 0 Å². The molecule has 0 saturated carbocycles. The van der Waals surface area contributed by atoms with Gasteiger partial charge in [0.2, 0.25) is 0 Å². The third-order valence-electron chi connectivity index (χ3n) is 2.62. The fraction of sp³-hybridized carbons (Fsp3) is 0.167. The molecule has 1 aromatic heterocycles. The molecule has 0 unspecified atom stereocenters. The zero-order valence-corrected chi connectivity index (χ0v) is 8.93. The van der Waals surface area contributed by atoms with Gasteiger partial charge in [0.25, 0.3) is 0 Å². The molecule has 0 atom stereocenters. The highest BCUT2D eigenvalue weighted by Gasteiger charge is 2.17. The van der Waals surface area contributed by atoms with Crippen LogP contribution in [0.3, 0.4) is 0 Å². The Morgan fingerprint density at radius 3 is 2.53 bits per heavy atom. The van der Waals surface area contributed by atoms with Crippen molar-refractivity contribution in [2.45, 2.75) is 12.8 Å². The van der Waals surface area contributed by atoms with Crippen LogP contribution in [0.1, 0.15) is 22.5 Å². The Labute approximate surface area is 96.7 Å². The SMILES string of the molecule is O=C(O)CCc1c(C(=O)O)[nH]c2ccccc12. The topological polar surface area (TPSA) is 90.4 Å². The Kier molecular flexibility index (Phi) is 2.82. The quantitative estimate of drug-likeness (QED) is 0.752. The second-order valence-corrected chi connectivity index (χ2v) is 3.72. The molecular formula is C12H11NO4. The molecule has 0 aliphatic rings. The highest BCUT2D eigenvalue weighted by Crippen LogP contribution is 2.23. The van der Waals surface area contributed by atoms with Crippen LogP contribution in [-0.4, -0.2) is 27.1 Å². The average molecular weight is 233 g/mol. The van der Waals surface area contributed by atoms with E-state index in [-0.39, 0.29) is 18.5 Å². The standard InChI is InChI=1S/C12H11NO4/c14-10(15)6-5-8-7-3-1-2-4-9(7)13-11(8)12(16)17/h1-4,13H,5-6H2,(H,14,15)(H,16,17). The van der Waals surface area contributed by atoms with E-state index in [1.165, 1.54) is 0 Å². The van der Waals surface area contributed by atoms with E-state index in [4.69, 9.17) is 10.2 Å². The van der Waals surface area contributed by atoms with Crippen molar-refractivity contribution in [2.75, 3.05) is 0 Å². The van der Waals surface area contributed by atoms with Crippen LogP contribution in [0, 0.1) is 0 Å². The molecule has 0 fully saturated rings. The lowest BCUT2D eigenvalue weighted by atomic mass is 10.1. The summed E-state index contributed by atoms with van der Waals surface area (Å²) in [6.07, 6.45) is 0.128. The van der Waals surface area contributed by atoms with Crippen LogP contribution in [0.25, 0.3) is 10.9 Å². The van der Waals surface area contributed by atoms with Crippen molar-refractivity contribution in [3.8, 4) is 0 Å². The number of aromatic nitrogens is 1. The number of rotatable bonds is 4. The van der Waals surface area contributed by atoms with E-state index in [1.807, 2.05) is 0 Å². The van der Waals surface area contributed by atoms with Crippen molar-refractivity contribution in [3.63, 3.8) is 0 Å². The first-order valence-corrected chi connectivity index (χ1v) is 5.14. The zero-order valence-electron chi connectivity index (χ0n) is 8.93. The molecule has 3 N–H and O–H groups in total. The van der Waals surface area contributed by atoms with Crippen LogP contribution < -0.4 is 0 Å². The highest BCUT2D eigenvalue weighted by atomic mass is 16.4.